The topological polar surface area (TPSA) is 68.0 Å². The van der Waals surface area contributed by atoms with E-state index in [1.165, 1.54) is 5.56 Å². The fraction of sp³-hybridized carbons (Fsp3) is 0.211. The van der Waals surface area contributed by atoms with Crippen LogP contribution >= 0.6 is 11.8 Å². The molecular formula is C19H19N3O2S. The van der Waals surface area contributed by atoms with Gasteiger partial charge in [0.1, 0.15) is 0 Å². The van der Waals surface area contributed by atoms with Gasteiger partial charge in [0.05, 0.1) is 0 Å². The fourth-order valence-corrected chi connectivity index (χ4v) is 3.02. The molecule has 1 N–H and O–H groups in total. The van der Waals surface area contributed by atoms with Crippen LogP contribution in [0.2, 0.25) is 0 Å². The van der Waals surface area contributed by atoms with Crippen molar-refractivity contribution in [3.63, 3.8) is 0 Å². The molecule has 0 radical (unpaired) electrons. The van der Waals surface area contributed by atoms with Gasteiger partial charge in [-0.25, -0.2) is 0 Å². The lowest BCUT2D eigenvalue weighted by Gasteiger charge is -2.02. The molecule has 0 unspecified atom stereocenters. The summed E-state index contributed by atoms with van der Waals surface area (Å²) in [6, 6.07) is 16.1. The Labute approximate surface area is 150 Å². The summed E-state index contributed by atoms with van der Waals surface area (Å²) in [5.41, 5.74) is 3.21. The zero-order chi connectivity index (χ0) is 17.6. The SMILES string of the molecule is Cc1ccc(SCCC(=O)Nc2nnc(-c3ccc(C)cc3)o2)cc1. The van der Waals surface area contributed by atoms with Crippen LogP contribution in [0.15, 0.2) is 57.8 Å². The van der Waals surface area contributed by atoms with Crippen molar-refractivity contribution in [3.05, 3.63) is 59.7 Å². The maximum atomic E-state index is 12.0. The number of amides is 1. The molecule has 5 nitrogen and oxygen atoms in total. The predicted octanol–water partition coefficient (Wildman–Crippen LogP) is 4.47. The van der Waals surface area contributed by atoms with Gasteiger partial charge in [0.2, 0.25) is 11.8 Å². The minimum atomic E-state index is -0.140. The van der Waals surface area contributed by atoms with E-state index in [1.807, 2.05) is 31.2 Å². The molecule has 0 aliphatic carbocycles. The Morgan fingerprint density at radius 1 is 1.00 bits per heavy atom. The lowest BCUT2D eigenvalue weighted by atomic mass is 10.1. The van der Waals surface area contributed by atoms with Gasteiger partial charge in [-0.2, -0.15) is 0 Å². The highest BCUT2D eigenvalue weighted by Gasteiger charge is 2.11. The molecule has 0 fully saturated rings. The number of anilines is 1. The Morgan fingerprint density at radius 3 is 2.32 bits per heavy atom. The molecule has 1 heterocycles. The fourth-order valence-electron chi connectivity index (χ4n) is 2.16. The maximum absolute atomic E-state index is 12.0. The summed E-state index contributed by atoms with van der Waals surface area (Å²) in [5.74, 6) is 0.941. The second kappa shape index (κ2) is 7.98. The van der Waals surface area contributed by atoms with Crippen molar-refractivity contribution in [2.75, 3.05) is 11.1 Å². The van der Waals surface area contributed by atoms with Gasteiger partial charge in [0.25, 0.3) is 0 Å². The first kappa shape index (κ1) is 17.2. The quantitative estimate of drug-likeness (QED) is 0.662. The molecule has 25 heavy (non-hydrogen) atoms. The minimum absolute atomic E-state index is 0.126. The van der Waals surface area contributed by atoms with Crippen molar-refractivity contribution in [1.29, 1.82) is 0 Å². The number of aryl methyl sites for hydroxylation is 2. The number of aromatic nitrogens is 2. The normalized spacial score (nSPS) is 10.6. The van der Waals surface area contributed by atoms with Gasteiger partial charge in [0, 0.05) is 22.6 Å². The van der Waals surface area contributed by atoms with Gasteiger partial charge in [-0.3, -0.25) is 10.1 Å². The van der Waals surface area contributed by atoms with Crippen LogP contribution in [0, 0.1) is 13.8 Å². The summed E-state index contributed by atoms with van der Waals surface area (Å²) in [6.07, 6.45) is 0.376. The third kappa shape index (κ3) is 4.93. The Kier molecular flexibility index (Phi) is 5.50. The van der Waals surface area contributed by atoms with E-state index in [0.717, 1.165) is 16.0 Å². The molecule has 0 aliphatic heterocycles. The standard InChI is InChI=1S/C19H19N3O2S/c1-13-3-7-15(8-4-13)18-21-22-19(24-18)20-17(23)11-12-25-16-9-5-14(2)6-10-16/h3-10H,11-12H2,1-2H3,(H,20,22,23). The molecule has 1 aromatic heterocycles. The molecule has 2 aromatic carbocycles. The molecule has 0 atom stereocenters. The maximum Gasteiger partial charge on any atom is 0.322 e. The van der Waals surface area contributed by atoms with Crippen molar-refractivity contribution in [3.8, 4) is 11.5 Å². The summed E-state index contributed by atoms with van der Waals surface area (Å²) < 4.78 is 5.50. The van der Waals surface area contributed by atoms with Gasteiger partial charge in [-0.1, -0.05) is 40.5 Å². The monoisotopic (exact) mass is 353 g/mol. The average molecular weight is 353 g/mol. The summed E-state index contributed by atoms with van der Waals surface area (Å²) in [4.78, 5) is 13.1. The van der Waals surface area contributed by atoms with Crippen molar-refractivity contribution < 1.29 is 9.21 Å². The summed E-state index contributed by atoms with van der Waals surface area (Å²) >= 11 is 1.64. The smallest absolute Gasteiger partial charge is 0.322 e. The van der Waals surface area contributed by atoms with Gasteiger partial charge >= 0.3 is 6.01 Å². The Bertz CT molecular complexity index is 842. The van der Waals surface area contributed by atoms with Crippen LogP contribution in [-0.4, -0.2) is 21.9 Å². The highest BCUT2D eigenvalue weighted by Crippen LogP contribution is 2.21. The molecule has 128 valence electrons. The molecule has 3 aromatic rings. The van der Waals surface area contributed by atoms with Crippen molar-refractivity contribution >= 4 is 23.7 Å². The van der Waals surface area contributed by atoms with Crippen molar-refractivity contribution in [1.82, 2.24) is 10.2 Å². The second-order valence-electron chi connectivity index (χ2n) is 5.74. The number of benzene rings is 2. The molecule has 0 bridgehead atoms. The van der Waals surface area contributed by atoms with Crippen LogP contribution in [0.3, 0.4) is 0 Å². The lowest BCUT2D eigenvalue weighted by Crippen LogP contribution is -2.12. The van der Waals surface area contributed by atoms with Crippen molar-refractivity contribution in [2.45, 2.75) is 25.2 Å². The number of thioether (sulfide) groups is 1. The minimum Gasteiger partial charge on any atom is -0.403 e. The Morgan fingerprint density at radius 2 is 1.64 bits per heavy atom. The first-order valence-electron chi connectivity index (χ1n) is 8.00. The predicted molar refractivity (Wildman–Crippen MR) is 99.6 cm³/mol. The van der Waals surface area contributed by atoms with E-state index in [2.05, 4.69) is 46.7 Å². The molecular weight excluding hydrogens is 334 g/mol. The Balaban J connectivity index is 1.49. The molecule has 3 rings (SSSR count). The molecule has 0 aliphatic rings. The van der Waals surface area contributed by atoms with E-state index >= 15 is 0 Å². The van der Waals surface area contributed by atoms with Gasteiger partial charge in [0.15, 0.2) is 0 Å². The number of rotatable bonds is 6. The molecule has 0 saturated carbocycles. The second-order valence-corrected chi connectivity index (χ2v) is 6.91. The highest BCUT2D eigenvalue weighted by atomic mass is 32.2. The molecule has 1 amide bonds. The van der Waals surface area contributed by atoms with E-state index in [4.69, 9.17) is 4.42 Å². The van der Waals surface area contributed by atoms with Gasteiger partial charge in [-0.15, -0.1) is 16.9 Å². The first-order valence-corrected chi connectivity index (χ1v) is 8.98. The molecule has 6 heteroatoms. The lowest BCUT2D eigenvalue weighted by molar-refractivity contribution is -0.115. The number of nitrogens with one attached hydrogen (secondary N) is 1. The van der Waals surface area contributed by atoms with Gasteiger partial charge < -0.3 is 4.42 Å². The number of hydrogen-bond donors (Lipinski definition) is 1. The van der Waals surface area contributed by atoms with E-state index in [1.54, 1.807) is 11.8 Å². The van der Waals surface area contributed by atoms with Crippen molar-refractivity contribution in [2.24, 2.45) is 0 Å². The average Bonchev–Trinajstić information content (AvgIpc) is 3.06. The van der Waals surface area contributed by atoms with Crippen LogP contribution in [0.25, 0.3) is 11.5 Å². The summed E-state index contributed by atoms with van der Waals surface area (Å²) in [7, 11) is 0. The largest absolute Gasteiger partial charge is 0.403 e. The van der Waals surface area contributed by atoms with Crippen LogP contribution in [-0.2, 0) is 4.79 Å². The van der Waals surface area contributed by atoms with Gasteiger partial charge in [-0.05, 0) is 38.1 Å². The van der Waals surface area contributed by atoms with E-state index in [0.29, 0.717) is 18.1 Å². The zero-order valence-electron chi connectivity index (χ0n) is 14.2. The molecule has 0 spiro atoms. The van der Waals surface area contributed by atoms with E-state index < -0.39 is 0 Å². The number of carbonyl (C=O) groups is 1. The summed E-state index contributed by atoms with van der Waals surface area (Å²) in [5, 5.41) is 10.5. The number of hydrogen-bond acceptors (Lipinski definition) is 5. The third-order valence-electron chi connectivity index (χ3n) is 3.59. The third-order valence-corrected chi connectivity index (χ3v) is 4.60. The van der Waals surface area contributed by atoms with E-state index in [-0.39, 0.29) is 11.9 Å². The molecule has 0 saturated heterocycles. The Hall–Kier alpha value is -2.60. The highest BCUT2D eigenvalue weighted by molar-refractivity contribution is 7.99. The van der Waals surface area contributed by atoms with Crippen LogP contribution in [0.5, 0.6) is 0 Å². The zero-order valence-corrected chi connectivity index (χ0v) is 15.0. The number of nitrogens with zero attached hydrogens (tertiary/aromatic N) is 2. The summed E-state index contributed by atoms with van der Waals surface area (Å²) in [6.45, 7) is 4.06. The number of carbonyl (C=O) groups excluding carboxylic acids is 1. The first-order chi connectivity index (χ1) is 12.1. The van der Waals surface area contributed by atoms with Crippen LogP contribution < -0.4 is 5.32 Å². The van der Waals surface area contributed by atoms with Crippen LogP contribution in [0.4, 0.5) is 6.01 Å². The van der Waals surface area contributed by atoms with E-state index in [9.17, 15) is 4.79 Å². The van der Waals surface area contributed by atoms with Crippen LogP contribution in [0.1, 0.15) is 17.5 Å².